The topological polar surface area (TPSA) is 127 Å². The van der Waals surface area contributed by atoms with Crippen molar-refractivity contribution in [3.05, 3.63) is 90.4 Å². The highest BCUT2D eigenvalue weighted by Crippen LogP contribution is 2.39. The van der Waals surface area contributed by atoms with E-state index in [0.717, 1.165) is 10.0 Å². The molecule has 3 aromatic carbocycles. The number of nitro groups is 1. The van der Waals surface area contributed by atoms with Crippen molar-refractivity contribution in [3.8, 4) is 23.0 Å². The predicted molar refractivity (Wildman–Crippen MR) is 147 cm³/mol. The van der Waals surface area contributed by atoms with Crippen LogP contribution >= 0.6 is 15.9 Å². The van der Waals surface area contributed by atoms with Crippen LogP contribution in [-0.2, 0) is 6.61 Å². The van der Waals surface area contributed by atoms with Gasteiger partial charge in [-0.1, -0.05) is 35.8 Å². The van der Waals surface area contributed by atoms with Gasteiger partial charge in [0.1, 0.15) is 12.4 Å². The van der Waals surface area contributed by atoms with Gasteiger partial charge in [0, 0.05) is 22.0 Å². The van der Waals surface area contributed by atoms with E-state index in [4.69, 9.17) is 18.9 Å². The van der Waals surface area contributed by atoms with Gasteiger partial charge in [-0.15, -0.1) is 0 Å². The lowest BCUT2D eigenvalue weighted by Crippen LogP contribution is -2.23. The van der Waals surface area contributed by atoms with Crippen LogP contribution in [0.5, 0.6) is 23.0 Å². The van der Waals surface area contributed by atoms with E-state index in [1.807, 2.05) is 19.9 Å². The van der Waals surface area contributed by atoms with E-state index in [1.165, 1.54) is 24.1 Å². The zero-order chi connectivity index (χ0) is 27.7. The third kappa shape index (κ3) is 5.28. The number of nitro benzene ring substituents is 1. The molecule has 0 aliphatic carbocycles. The van der Waals surface area contributed by atoms with Gasteiger partial charge in [0.25, 0.3) is 5.56 Å². The number of fused-ring (bicyclic) bond motifs is 2. The fourth-order valence-electron chi connectivity index (χ4n) is 4.08. The summed E-state index contributed by atoms with van der Waals surface area (Å²) < 4.78 is 23.9. The monoisotopic (exact) mass is 594 g/mol. The number of hydrogen-bond donors (Lipinski definition) is 0. The Bertz CT molecular complexity index is 1680. The van der Waals surface area contributed by atoms with Crippen LogP contribution in [0.2, 0.25) is 0 Å². The Morgan fingerprint density at radius 1 is 1.18 bits per heavy atom. The van der Waals surface area contributed by atoms with Crippen LogP contribution in [0.4, 0.5) is 5.69 Å². The van der Waals surface area contributed by atoms with Crippen molar-refractivity contribution in [1.29, 1.82) is 0 Å². The quantitative estimate of drug-likeness (QED) is 0.151. The number of ether oxygens (including phenoxy) is 4. The van der Waals surface area contributed by atoms with Crippen molar-refractivity contribution in [3.63, 3.8) is 0 Å². The fourth-order valence-corrected chi connectivity index (χ4v) is 4.44. The van der Waals surface area contributed by atoms with Crippen LogP contribution < -0.4 is 24.5 Å². The Morgan fingerprint density at radius 3 is 2.72 bits per heavy atom. The highest BCUT2D eigenvalue weighted by atomic mass is 79.9. The number of halogens is 1. The Kier molecular flexibility index (Phi) is 7.20. The zero-order valence-corrected chi connectivity index (χ0v) is 22.8. The summed E-state index contributed by atoms with van der Waals surface area (Å²) in [5.41, 5.74) is 0.960. The summed E-state index contributed by atoms with van der Waals surface area (Å²) >= 11 is 3.38. The Morgan fingerprint density at radius 2 is 1.97 bits per heavy atom. The van der Waals surface area contributed by atoms with Gasteiger partial charge < -0.3 is 18.9 Å². The molecular formula is C27H23BrN4O7. The van der Waals surface area contributed by atoms with E-state index in [0.29, 0.717) is 33.8 Å². The Hall–Kier alpha value is -4.45. The molecule has 200 valence electrons. The van der Waals surface area contributed by atoms with Crippen molar-refractivity contribution in [1.82, 2.24) is 9.66 Å². The molecule has 4 aromatic rings. The minimum atomic E-state index is -0.560. The lowest BCUT2D eigenvalue weighted by atomic mass is 10.1. The molecule has 0 amide bonds. The van der Waals surface area contributed by atoms with Gasteiger partial charge in [-0.25, -0.2) is 4.98 Å². The maximum absolute atomic E-state index is 13.3. The molecule has 0 fully saturated rings. The predicted octanol–water partition coefficient (Wildman–Crippen LogP) is 5.39. The van der Waals surface area contributed by atoms with E-state index in [-0.39, 0.29) is 42.1 Å². The molecule has 0 bridgehead atoms. The highest BCUT2D eigenvalue weighted by Gasteiger charge is 2.23. The summed E-state index contributed by atoms with van der Waals surface area (Å²) in [6, 6.07) is 13.4. The average Bonchev–Trinajstić information content (AvgIpc) is 3.39. The first-order valence-corrected chi connectivity index (χ1v) is 12.7. The lowest BCUT2D eigenvalue weighted by Gasteiger charge is -2.13. The molecule has 0 atom stereocenters. The zero-order valence-electron chi connectivity index (χ0n) is 21.2. The summed E-state index contributed by atoms with van der Waals surface area (Å²) in [7, 11) is 1.39. The number of benzene rings is 3. The second kappa shape index (κ2) is 10.7. The van der Waals surface area contributed by atoms with E-state index in [2.05, 4.69) is 26.0 Å². The van der Waals surface area contributed by atoms with Crippen LogP contribution in [-0.4, -0.2) is 34.7 Å². The molecule has 1 aromatic heterocycles. The maximum atomic E-state index is 13.3. The first-order chi connectivity index (χ1) is 18.7. The van der Waals surface area contributed by atoms with Crippen molar-refractivity contribution in [2.45, 2.75) is 26.4 Å². The third-order valence-corrected chi connectivity index (χ3v) is 6.46. The van der Waals surface area contributed by atoms with Crippen LogP contribution in [0.1, 0.15) is 36.7 Å². The largest absolute Gasteiger partial charge is 0.493 e. The molecule has 0 spiro atoms. The van der Waals surface area contributed by atoms with Gasteiger partial charge in [0.05, 0.1) is 29.2 Å². The number of rotatable bonds is 8. The molecule has 11 nitrogen and oxygen atoms in total. The summed E-state index contributed by atoms with van der Waals surface area (Å²) in [4.78, 5) is 29.3. The second-order valence-corrected chi connectivity index (χ2v) is 9.87. The molecule has 0 N–H and O–H groups in total. The van der Waals surface area contributed by atoms with Crippen molar-refractivity contribution >= 4 is 38.7 Å². The molecule has 0 radical (unpaired) electrons. The number of hydrogen-bond acceptors (Lipinski definition) is 9. The molecular weight excluding hydrogens is 572 g/mol. The third-order valence-electron chi connectivity index (χ3n) is 5.97. The van der Waals surface area contributed by atoms with Gasteiger partial charge in [0.15, 0.2) is 17.2 Å². The number of nitrogens with zero attached hydrogens (tertiary/aromatic N) is 4. The summed E-state index contributed by atoms with van der Waals surface area (Å²) in [6.45, 7) is 3.98. The molecule has 1 aliphatic rings. The molecule has 5 rings (SSSR count). The van der Waals surface area contributed by atoms with Crippen molar-refractivity contribution in [2.75, 3.05) is 13.9 Å². The van der Waals surface area contributed by atoms with Crippen LogP contribution in [0, 0.1) is 10.1 Å². The molecule has 39 heavy (non-hydrogen) atoms. The van der Waals surface area contributed by atoms with Crippen LogP contribution in [0.15, 0.2) is 62.9 Å². The van der Waals surface area contributed by atoms with E-state index < -0.39 is 4.92 Å². The average molecular weight is 595 g/mol. The van der Waals surface area contributed by atoms with Gasteiger partial charge in [0.2, 0.25) is 12.5 Å². The van der Waals surface area contributed by atoms with Crippen molar-refractivity contribution < 1.29 is 23.9 Å². The summed E-state index contributed by atoms with van der Waals surface area (Å²) in [6.07, 6.45) is 1.36. The van der Waals surface area contributed by atoms with Gasteiger partial charge in [-0.2, -0.15) is 9.78 Å². The molecule has 0 saturated heterocycles. The SMILES string of the molecule is COc1cc(C=Nn2c(C(C)C)nc3ccc(Br)cc3c2=O)cc([N+](=O)[O-])c1OCc1ccc2c(c1)OCO2. The van der Waals surface area contributed by atoms with E-state index in [9.17, 15) is 14.9 Å². The fraction of sp³-hybridized carbons (Fsp3) is 0.222. The molecule has 2 heterocycles. The van der Waals surface area contributed by atoms with E-state index in [1.54, 1.807) is 36.4 Å². The Labute approximate surface area is 230 Å². The van der Waals surface area contributed by atoms with Crippen molar-refractivity contribution in [2.24, 2.45) is 5.10 Å². The lowest BCUT2D eigenvalue weighted by molar-refractivity contribution is -0.386. The first kappa shape index (κ1) is 26.2. The molecule has 1 aliphatic heterocycles. The molecule has 12 heteroatoms. The first-order valence-electron chi connectivity index (χ1n) is 11.9. The van der Waals surface area contributed by atoms with Crippen LogP contribution in [0.25, 0.3) is 10.9 Å². The minimum Gasteiger partial charge on any atom is -0.493 e. The normalized spacial score (nSPS) is 12.4. The van der Waals surface area contributed by atoms with E-state index >= 15 is 0 Å². The summed E-state index contributed by atoms with van der Waals surface area (Å²) in [5.74, 6) is 1.66. The molecule has 0 unspecified atom stereocenters. The van der Waals surface area contributed by atoms with Gasteiger partial charge >= 0.3 is 5.69 Å². The van der Waals surface area contributed by atoms with Gasteiger partial charge in [-0.05, 0) is 42.0 Å². The standard InChI is InChI=1S/C27H23BrN4O7/c1-15(2)26-30-20-6-5-18(28)11-19(20)27(33)31(26)29-12-17-8-21(32(34)35)25(24(10-17)36-3)37-13-16-4-7-22-23(9-16)39-14-38-22/h4-12,15H,13-14H2,1-3H3. The number of methoxy groups -OCH3 is 1. The minimum absolute atomic E-state index is 0.0328. The number of aromatic nitrogens is 2. The molecule has 0 saturated carbocycles. The summed E-state index contributed by atoms with van der Waals surface area (Å²) in [5, 5.41) is 16.7. The van der Waals surface area contributed by atoms with Gasteiger partial charge in [-0.3, -0.25) is 14.9 Å². The maximum Gasteiger partial charge on any atom is 0.315 e. The second-order valence-electron chi connectivity index (χ2n) is 8.95. The Balaban J connectivity index is 1.50. The smallest absolute Gasteiger partial charge is 0.315 e. The highest BCUT2D eigenvalue weighted by molar-refractivity contribution is 9.10. The van der Waals surface area contributed by atoms with Crippen LogP contribution in [0.3, 0.4) is 0 Å².